The fraction of sp³-hybridized carbons (Fsp3) is 0.667. The van der Waals surface area contributed by atoms with Gasteiger partial charge in [0.1, 0.15) is 4.88 Å². The molecule has 1 atom stereocenters. The van der Waals surface area contributed by atoms with Gasteiger partial charge in [0.15, 0.2) is 0 Å². The predicted octanol–water partition coefficient (Wildman–Crippen LogP) is 1.06. The lowest BCUT2D eigenvalue weighted by atomic mass is 10.0. The van der Waals surface area contributed by atoms with Gasteiger partial charge in [0.2, 0.25) is 0 Å². The molecule has 6 heteroatoms. The molecule has 2 rings (SSSR count). The second kappa shape index (κ2) is 4.95. The molecular formula is C12H18N2O3S. The number of aliphatic hydroxyl groups is 1. The molecule has 1 aliphatic rings. The maximum atomic E-state index is 12.4. The molecule has 0 aromatic carbocycles. The van der Waals surface area contributed by atoms with Gasteiger partial charge in [0.25, 0.3) is 5.91 Å². The molecule has 1 aliphatic heterocycles. The van der Waals surface area contributed by atoms with E-state index >= 15 is 0 Å². The molecule has 1 fully saturated rings. The van der Waals surface area contributed by atoms with E-state index < -0.39 is 5.60 Å². The molecule has 18 heavy (non-hydrogen) atoms. The third-order valence-corrected chi connectivity index (χ3v) is 3.83. The van der Waals surface area contributed by atoms with Crippen LogP contribution in [0.4, 0.5) is 0 Å². The van der Waals surface area contributed by atoms with Crippen LogP contribution in [0, 0.1) is 6.92 Å². The molecule has 0 saturated carbocycles. The van der Waals surface area contributed by atoms with E-state index in [-0.39, 0.29) is 18.6 Å². The SMILES string of the molecule is Cc1ncsc1C(=O)N1CC(CO)OC(C)(C)C1. The molecule has 1 saturated heterocycles. The normalized spacial score (nSPS) is 23.1. The standard InChI is InChI=1S/C12H18N2O3S/c1-8-10(18-7-13-8)11(16)14-4-9(5-15)17-12(2,3)6-14/h7,9,15H,4-6H2,1-3H3. The topological polar surface area (TPSA) is 62.7 Å². The minimum absolute atomic E-state index is 0.0233. The maximum Gasteiger partial charge on any atom is 0.266 e. The van der Waals surface area contributed by atoms with Crippen LogP contribution < -0.4 is 0 Å². The smallest absolute Gasteiger partial charge is 0.266 e. The van der Waals surface area contributed by atoms with Crippen molar-refractivity contribution in [3.63, 3.8) is 0 Å². The van der Waals surface area contributed by atoms with Crippen molar-refractivity contribution in [2.24, 2.45) is 0 Å². The summed E-state index contributed by atoms with van der Waals surface area (Å²) >= 11 is 1.35. The molecule has 1 N–H and O–H groups in total. The van der Waals surface area contributed by atoms with Crippen molar-refractivity contribution in [2.45, 2.75) is 32.5 Å². The molecule has 0 radical (unpaired) electrons. The number of amides is 1. The van der Waals surface area contributed by atoms with Crippen LogP contribution in [0.2, 0.25) is 0 Å². The Morgan fingerprint density at radius 1 is 1.72 bits per heavy atom. The zero-order valence-corrected chi connectivity index (χ0v) is 11.7. The highest BCUT2D eigenvalue weighted by Crippen LogP contribution is 2.24. The summed E-state index contributed by atoms with van der Waals surface area (Å²) in [5.74, 6) is -0.0233. The Labute approximate surface area is 110 Å². The number of ether oxygens (including phenoxy) is 1. The molecule has 0 aliphatic carbocycles. The van der Waals surface area contributed by atoms with Crippen LogP contribution in [0.15, 0.2) is 5.51 Å². The zero-order valence-electron chi connectivity index (χ0n) is 10.8. The number of carbonyl (C=O) groups is 1. The van der Waals surface area contributed by atoms with Crippen LogP contribution in [0.5, 0.6) is 0 Å². The summed E-state index contributed by atoms with van der Waals surface area (Å²) in [5.41, 5.74) is 2.01. The van der Waals surface area contributed by atoms with E-state index in [0.717, 1.165) is 5.69 Å². The molecule has 5 nitrogen and oxygen atoms in total. The second-order valence-electron chi connectivity index (χ2n) is 5.13. The van der Waals surface area contributed by atoms with E-state index in [1.807, 2.05) is 20.8 Å². The van der Waals surface area contributed by atoms with Gasteiger partial charge < -0.3 is 14.7 Å². The molecule has 100 valence electrons. The predicted molar refractivity (Wildman–Crippen MR) is 68.8 cm³/mol. The first-order valence-corrected chi connectivity index (χ1v) is 6.79. The Balaban J connectivity index is 2.17. The molecule has 1 amide bonds. The van der Waals surface area contributed by atoms with Crippen LogP contribution in [0.1, 0.15) is 29.2 Å². The summed E-state index contributed by atoms with van der Waals surface area (Å²) in [6.45, 7) is 6.56. The van der Waals surface area contributed by atoms with Gasteiger partial charge in [0, 0.05) is 13.1 Å². The summed E-state index contributed by atoms with van der Waals surface area (Å²) in [7, 11) is 0. The molecule has 1 aromatic rings. The number of aryl methyl sites for hydroxylation is 1. The van der Waals surface area contributed by atoms with Crippen molar-refractivity contribution in [1.29, 1.82) is 0 Å². The number of hydrogen-bond donors (Lipinski definition) is 1. The number of nitrogens with zero attached hydrogens (tertiary/aromatic N) is 2. The minimum Gasteiger partial charge on any atom is -0.394 e. The fourth-order valence-electron chi connectivity index (χ4n) is 2.20. The fourth-order valence-corrected chi connectivity index (χ4v) is 2.97. The highest BCUT2D eigenvalue weighted by Gasteiger charge is 2.36. The molecule has 1 aromatic heterocycles. The summed E-state index contributed by atoms with van der Waals surface area (Å²) in [6, 6.07) is 0. The van der Waals surface area contributed by atoms with Gasteiger partial charge >= 0.3 is 0 Å². The number of hydrogen-bond acceptors (Lipinski definition) is 5. The number of aromatic nitrogens is 1. The van der Waals surface area contributed by atoms with Crippen LogP contribution in [0.25, 0.3) is 0 Å². The summed E-state index contributed by atoms with van der Waals surface area (Å²) in [5, 5.41) is 9.24. The lowest BCUT2D eigenvalue weighted by Crippen LogP contribution is -2.55. The van der Waals surface area contributed by atoms with Crippen LogP contribution >= 0.6 is 11.3 Å². The van der Waals surface area contributed by atoms with E-state index in [1.54, 1.807) is 10.4 Å². The lowest BCUT2D eigenvalue weighted by Gasteiger charge is -2.42. The van der Waals surface area contributed by atoms with Crippen molar-refractivity contribution < 1.29 is 14.6 Å². The van der Waals surface area contributed by atoms with E-state index in [4.69, 9.17) is 4.74 Å². The van der Waals surface area contributed by atoms with Gasteiger partial charge in [-0.3, -0.25) is 4.79 Å². The maximum absolute atomic E-state index is 12.4. The van der Waals surface area contributed by atoms with E-state index in [0.29, 0.717) is 18.0 Å². The molecular weight excluding hydrogens is 252 g/mol. The second-order valence-corrected chi connectivity index (χ2v) is 5.99. The number of carbonyl (C=O) groups excluding carboxylic acids is 1. The van der Waals surface area contributed by atoms with Crippen LogP contribution in [0.3, 0.4) is 0 Å². The van der Waals surface area contributed by atoms with E-state index in [9.17, 15) is 9.90 Å². The third kappa shape index (κ3) is 2.71. The lowest BCUT2D eigenvalue weighted by molar-refractivity contribution is -0.139. The van der Waals surface area contributed by atoms with Gasteiger partial charge in [-0.05, 0) is 20.8 Å². The summed E-state index contributed by atoms with van der Waals surface area (Å²) in [4.78, 5) is 18.9. The number of aliphatic hydroxyl groups excluding tert-OH is 1. The van der Waals surface area contributed by atoms with Crippen molar-refractivity contribution in [3.05, 3.63) is 16.1 Å². The quantitative estimate of drug-likeness (QED) is 0.873. The minimum atomic E-state index is -0.431. The summed E-state index contributed by atoms with van der Waals surface area (Å²) < 4.78 is 5.69. The number of morpholine rings is 1. The Bertz CT molecular complexity index is 444. The van der Waals surface area contributed by atoms with Crippen molar-refractivity contribution >= 4 is 17.2 Å². The van der Waals surface area contributed by atoms with E-state index in [1.165, 1.54) is 11.3 Å². The Morgan fingerprint density at radius 2 is 2.44 bits per heavy atom. The Hall–Kier alpha value is -0.980. The molecule has 0 spiro atoms. The van der Waals surface area contributed by atoms with Crippen molar-refractivity contribution in [1.82, 2.24) is 9.88 Å². The monoisotopic (exact) mass is 270 g/mol. The van der Waals surface area contributed by atoms with Crippen molar-refractivity contribution in [3.8, 4) is 0 Å². The average Bonchev–Trinajstić information content (AvgIpc) is 2.72. The Kier molecular flexibility index (Phi) is 3.70. The number of thiazole rings is 1. The molecule has 1 unspecified atom stereocenters. The van der Waals surface area contributed by atoms with Gasteiger partial charge in [-0.25, -0.2) is 4.98 Å². The first-order chi connectivity index (χ1) is 8.43. The number of rotatable bonds is 2. The largest absolute Gasteiger partial charge is 0.394 e. The van der Waals surface area contributed by atoms with Crippen LogP contribution in [-0.2, 0) is 4.74 Å². The first-order valence-electron chi connectivity index (χ1n) is 5.91. The van der Waals surface area contributed by atoms with Gasteiger partial charge in [-0.2, -0.15) is 0 Å². The third-order valence-electron chi connectivity index (χ3n) is 2.91. The van der Waals surface area contributed by atoms with Gasteiger partial charge in [-0.15, -0.1) is 11.3 Å². The summed E-state index contributed by atoms with van der Waals surface area (Å²) in [6.07, 6.45) is -0.314. The average molecular weight is 270 g/mol. The molecule has 2 heterocycles. The highest BCUT2D eigenvalue weighted by atomic mass is 32.1. The van der Waals surface area contributed by atoms with Gasteiger partial charge in [0.05, 0.1) is 29.5 Å². The van der Waals surface area contributed by atoms with E-state index in [2.05, 4.69) is 4.98 Å². The highest BCUT2D eigenvalue weighted by molar-refractivity contribution is 7.11. The van der Waals surface area contributed by atoms with Crippen molar-refractivity contribution in [2.75, 3.05) is 19.7 Å². The Morgan fingerprint density at radius 3 is 3.00 bits per heavy atom. The molecule has 0 bridgehead atoms. The van der Waals surface area contributed by atoms with Crippen LogP contribution in [-0.4, -0.2) is 52.3 Å². The first kappa shape index (κ1) is 13.5. The van der Waals surface area contributed by atoms with Gasteiger partial charge in [-0.1, -0.05) is 0 Å². The zero-order chi connectivity index (χ0) is 13.3.